The van der Waals surface area contributed by atoms with Crippen LogP contribution in [0.4, 0.5) is 5.69 Å². The minimum atomic E-state index is 0.668. The topological polar surface area (TPSA) is 56.2 Å². The highest BCUT2D eigenvalue weighted by Gasteiger charge is 2.15. The number of hydrogen-bond donors (Lipinski definition) is 1. The van der Waals surface area contributed by atoms with Crippen molar-refractivity contribution < 1.29 is 0 Å². The number of halogens is 1. The first-order valence-corrected chi connectivity index (χ1v) is 10.4. The van der Waals surface area contributed by atoms with Gasteiger partial charge in [0, 0.05) is 27.7 Å². The van der Waals surface area contributed by atoms with Gasteiger partial charge in [-0.2, -0.15) is 0 Å². The molecule has 0 amide bonds. The fourth-order valence-corrected chi connectivity index (χ4v) is 4.20. The molecule has 0 aliphatic rings. The molecule has 0 aliphatic carbocycles. The number of pyridine rings is 2. The van der Waals surface area contributed by atoms with E-state index in [4.69, 9.17) is 27.3 Å². The van der Waals surface area contributed by atoms with Crippen LogP contribution in [0.15, 0.2) is 91.1 Å². The van der Waals surface area contributed by atoms with Gasteiger partial charge in [0.2, 0.25) is 0 Å². The van der Waals surface area contributed by atoms with E-state index in [1.807, 2.05) is 60.7 Å². The first kappa shape index (κ1) is 17.9. The van der Waals surface area contributed by atoms with Gasteiger partial charge in [0.1, 0.15) is 5.65 Å². The number of benzene rings is 3. The number of nitrogen functional groups attached to an aromatic ring is 1. The predicted molar refractivity (Wildman–Crippen MR) is 128 cm³/mol. The third-order valence-electron chi connectivity index (χ3n) is 5.61. The van der Waals surface area contributed by atoms with Crippen molar-refractivity contribution in [1.29, 1.82) is 0 Å². The van der Waals surface area contributed by atoms with E-state index in [0.717, 1.165) is 50.0 Å². The molecular weight excluding hydrogens is 404 g/mol. The standard InChI is InChI=1S/C26H17ClN4/c27-19-11-8-16(9-12-19)23-15-31-24-7-2-1-4-18(24)14-20(26(31)30-23)22-13-10-17-5-3-6-21(28)25(17)29-22/h1-15H,28H2. The van der Waals surface area contributed by atoms with E-state index in [0.29, 0.717) is 10.7 Å². The normalized spacial score (nSPS) is 11.5. The van der Waals surface area contributed by atoms with Crippen LogP contribution in [-0.2, 0) is 0 Å². The molecule has 0 atom stereocenters. The minimum absolute atomic E-state index is 0.668. The molecule has 0 spiro atoms. The molecule has 0 saturated heterocycles. The Labute approximate surface area is 183 Å². The summed E-state index contributed by atoms with van der Waals surface area (Å²) in [5, 5.41) is 2.84. The van der Waals surface area contributed by atoms with E-state index in [1.165, 1.54) is 0 Å². The van der Waals surface area contributed by atoms with E-state index in [1.54, 1.807) is 0 Å². The van der Waals surface area contributed by atoms with Crippen LogP contribution in [0.5, 0.6) is 0 Å². The van der Waals surface area contributed by atoms with Crippen LogP contribution in [-0.4, -0.2) is 14.4 Å². The van der Waals surface area contributed by atoms with Crippen molar-refractivity contribution in [3.8, 4) is 22.5 Å². The summed E-state index contributed by atoms with van der Waals surface area (Å²) in [4.78, 5) is 9.89. The summed E-state index contributed by atoms with van der Waals surface area (Å²) in [5.41, 5.74) is 13.3. The molecular formula is C26H17ClN4. The lowest BCUT2D eigenvalue weighted by Crippen LogP contribution is -1.95. The lowest BCUT2D eigenvalue weighted by atomic mass is 10.1. The summed E-state index contributed by atoms with van der Waals surface area (Å²) >= 11 is 6.08. The van der Waals surface area contributed by atoms with Gasteiger partial charge in [-0.25, -0.2) is 9.97 Å². The molecule has 5 heteroatoms. The van der Waals surface area contributed by atoms with Crippen molar-refractivity contribution >= 4 is 44.7 Å². The van der Waals surface area contributed by atoms with Gasteiger partial charge in [0.05, 0.1) is 28.1 Å². The van der Waals surface area contributed by atoms with Crippen LogP contribution in [0.1, 0.15) is 0 Å². The number of rotatable bonds is 2. The van der Waals surface area contributed by atoms with Gasteiger partial charge in [0.15, 0.2) is 0 Å². The average Bonchev–Trinajstić information content (AvgIpc) is 3.25. The van der Waals surface area contributed by atoms with Crippen LogP contribution < -0.4 is 5.73 Å². The number of nitrogens with zero attached hydrogens (tertiary/aromatic N) is 3. The molecule has 2 N–H and O–H groups in total. The van der Waals surface area contributed by atoms with Crippen molar-refractivity contribution in [1.82, 2.24) is 14.4 Å². The molecule has 148 valence electrons. The zero-order valence-electron chi connectivity index (χ0n) is 16.5. The largest absolute Gasteiger partial charge is 0.397 e. The zero-order chi connectivity index (χ0) is 20.9. The fraction of sp³-hybridized carbons (Fsp3) is 0. The molecule has 0 radical (unpaired) electrons. The van der Waals surface area contributed by atoms with E-state index < -0.39 is 0 Å². The Balaban J connectivity index is 1.66. The van der Waals surface area contributed by atoms with Gasteiger partial charge in [0.25, 0.3) is 0 Å². The van der Waals surface area contributed by atoms with Gasteiger partial charge in [-0.3, -0.25) is 4.40 Å². The molecule has 6 aromatic rings. The number of anilines is 1. The highest BCUT2D eigenvalue weighted by atomic mass is 35.5. The Kier molecular flexibility index (Phi) is 3.95. The minimum Gasteiger partial charge on any atom is -0.397 e. The maximum absolute atomic E-state index is 6.20. The molecule has 31 heavy (non-hydrogen) atoms. The highest BCUT2D eigenvalue weighted by Crippen LogP contribution is 2.32. The third kappa shape index (κ3) is 2.92. The van der Waals surface area contributed by atoms with Crippen LogP contribution in [0, 0.1) is 0 Å². The van der Waals surface area contributed by atoms with E-state index >= 15 is 0 Å². The average molecular weight is 421 g/mol. The summed E-state index contributed by atoms with van der Waals surface area (Å²) in [6, 6.07) is 28.1. The van der Waals surface area contributed by atoms with Crippen molar-refractivity contribution in [3.63, 3.8) is 0 Å². The molecule has 0 bridgehead atoms. The number of hydrogen-bond acceptors (Lipinski definition) is 3. The molecule has 3 heterocycles. The third-order valence-corrected chi connectivity index (χ3v) is 5.86. The highest BCUT2D eigenvalue weighted by molar-refractivity contribution is 6.30. The first-order valence-electron chi connectivity index (χ1n) is 10.00. The Morgan fingerprint density at radius 2 is 1.55 bits per heavy atom. The molecule has 6 rings (SSSR count). The Hall–Kier alpha value is -3.89. The summed E-state index contributed by atoms with van der Waals surface area (Å²) in [5.74, 6) is 0. The second-order valence-electron chi connectivity index (χ2n) is 7.56. The predicted octanol–water partition coefficient (Wildman–Crippen LogP) is 6.61. The lowest BCUT2D eigenvalue weighted by Gasteiger charge is -2.09. The molecule has 0 aliphatic heterocycles. The van der Waals surface area contributed by atoms with Crippen molar-refractivity contribution in [3.05, 3.63) is 96.1 Å². The van der Waals surface area contributed by atoms with Gasteiger partial charge >= 0.3 is 0 Å². The van der Waals surface area contributed by atoms with Crippen LogP contribution in [0.3, 0.4) is 0 Å². The zero-order valence-corrected chi connectivity index (χ0v) is 17.2. The van der Waals surface area contributed by atoms with Gasteiger partial charge in [-0.1, -0.05) is 60.1 Å². The SMILES string of the molecule is Nc1cccc2ccc(-c3cc4ccccc4n4cc(-c5ccc(Cl)cc5)nc34)nc12. The van der Waals surface area contributed by atoms with Gasteiger partial charge in [-0.05, 0) is 41.8 Å². The monoisotopic (exact) mass is 420 g/mol. The number of fused-ring (bicyclic) bond motifs is 4. The number of aromatic nitrogens is 3. The Morgan fingerprint density at radius 3 is 2.42 bits per heavy atom. The number of imidazole rings is 1. The lowest BCUT2D eigenvalue weighted by molar-refractivity contribution is 1.25. The Morgan fingerprint density at radius 1 is 0.742 bits per heavy atom. The smallest absolute Gasteiger partial charge is 0.147 e. The quantitative estimate of drug-likeness (QED) is 0.321. The molecule has 3 aromatic heterocycles. The van der Waals surface area contributed by atoms with E-state index in [-0.39, 0.29) is 0 Å². The summed E-state index contributed by atoms with van der Waals surface area (Å²) < 4.78 is 2.13. The maximum Gasteiger partial charge on any atom is 0.147 e. The molecule has 0 saturated carbocycles. The van der Waals surface area contributed by atoms with Crippen molar-refractivity contribution in [2.75, 3.05) is 5.73 Å². The molecule has 0 unspecified atom stereocenters. The summed E-state index contributed by atoms with van der Waals surface area (Å²) in [6.07, 6.45) is 2.07. The second-order valence-corrected chi connectivity index (χ2v) is 8.00. The molecule has 3 aromatic carbocycles. The van der Waals surface area contributed by atoms with E-state index in [9.17, 15) is 0 Å². The van der Waals surface area contributed by atoms with Crippen LogP contribution in [0.2, 0.25) is 5.02 Å². The van der Waals surface area contributed by atoms with Crippen LogP contribution in [0.25, 0.3) is 50.0 Å². The number of para-hydroxylation sites is 2. The van der Waals surface area contributed by atoms with Gasteiger partial charge < -0.3 is 5.73 Å². The summed E-state index contributed by atoms with van der Waals surface area (Å²) in [6.45, 7) is 0. The maximum atomic E-state index is 6.20. The summed E-state index contributed by atoms with van der Waals surface area (Å²) in [7, 11) is 0. The van der Waals surface area contributed by atoms with E-state index in [2.05, 4.69) is 34.9 Å². The Bertz CT molecular complexity index is 1600. The number of nitrogens with two attached hydrogens (primary N) is 1. The fourth-order valence-electron chi connectivity index (χ4n) is 4.07. The second kappa shape index (κ2) is 6.83. The van der Waals surface area contributed by atoms with Crippen molar-refractivity contribution in [2.24, 2.45) is 0 Å². The van der Waals surface area contributed by atoms with Crippen molar-refractivity contribution in [2.45, 2.75) is 0 Å². The molecule has 4 nitrogen and oxygen atoms in total. The molecule has 0 fully saturated rings. The first-order chi connectivity index (χ1) is 15.2. The van der Waals surface area contributed by atoms with Crippen LogP contribution >= 0.6 is 11.6 Å². The van der Waals surface area contributed by atoms with Gasteiger partial charge in [-0.15, -0.1) is 0 Å².